The van der Waals surface area contributed by atoms with Gasteiger partial charge in [0.15, 0.2) is 0 Å². The van der Waals surface area contributed by atoms with Crippen molar-refractivity contribution >= 4 is 5.57 Å². The summed E-state index contributed by atoms with van der Waals surface area (Å²) in [6, 6.07) is 4.09. The van der Waals surface area contributed by atoms with Gasteiger partial charge in [0, 0.05) is 12.4 Å². The lowest BCUT2D eigenvalue weighted by Crippen LogP contribution is -2.34. The van der Waals surface area contributed by atoms with Crippen molar-refractivity contribution in [3.63, 3.8) is 0 Å². The molecule has 0 aromatic carbocycles. The van der Waals surface area contributed by atoms with E-state index in [1.54, 1.807) is 0 Å². The van der Waals surface area contributed by atoms with Gasteiger partial charge >= 0.3 is 0 Å². The Morgan fingerprint density at radius 2 is 1.93 bits per heavy atom. The summed E-state index contributed by atoms with van der Waals surface area (Å²) in [6.45, 7) is 1.05. The van der Waals surface area contributed by atoms with Gasteiger partial charge in [0.2, 0.25) is 0 Å². The molecule has 2 heterocycles. The van der Waals surface area contributed by atoms with Crippen LogP contribution in [0, 0.1) is 0 Å². The molecule has 0 saturated heterocycles. The Kier molecular flexibility index (Phi) is 2.22. The monoisotopic (exact) mass is 187 g/mol. The van der Waals surface area contributed by atoms with Crippen molar-refractivity contribution in [2.24, 2.45) is 0 Å². The molecule has 0 radical (unpaired) electrons. The smallest absolute Gasteiger partial charge is 0.102 e. The number of likely N-dealkylation sites (N-methyl/N-ethyl adjacent to an activating group) is 1. The molecule has 2 heteroatoms. The van der Waals surface area contributed by atoms with Gasteiger partial charge < -0.3 is 0 Å². The number of quaternary nitrogens is 1. The number of pyridine rings is 1. The molecule has 1 aromatic heterocycles. The largest absolute Gasteiger partial charge is 0.299 e. The minimum atomic E-state index is 0.925. The Hall–Kier alpha value is -1.41. The normalized spacial score (nSPS) is 19.1. The molecule has 0 atom stereocenters. The van der Waals surface area contributed by atoms with E-state index in [0.717, 1.165) is 11.0 Å². The zero-order valence-corrected chi connectivity index (χ0v) is 8.64. The average Bonchev–Trinajstić information content (AvgIpc) is 2.19. The first-order valence-electron chi connectivity index (χ1n) is 4.80. The quantitative estimate of drug-likeness (QED) is 0.613. The highest BCUT2D eigenvalue weighted by molar-refractivity contribution is 5.73. The summed E-state index contributed by atoms with van der Waals surface area (Å²) in [4.78, 5) is 4.01. The van der Waals surface area contributed by atoms with E-state index in [-0.39, 0.29) is 0 Å². The molecule has 1 aliphatic rings. The van der Waals surface area contributed by atoms with Crippen LogP contribution < -0.4 is 0 Å². The van der Waals surface area contributed by atoms with E-state index in [2.05, 4.69) is 37.4 Å². The van der Waals surface area contributed by atoms with Crippen LogP contribution in [0.4, 0.5) is 0 Å². The Labute approximate surface area is 84.8 Å². The van der Waals surface area contributed by atoms with E-state index in [4.69, 9.17) is 0 Å². The molecule has 0 unspecified atom stereocenters. The first kappa shape index (κ1) is 9.16. The van der Waals surface area contributed by atoms with E-state index in [1.165, 1.54) is 11.1 Å². The van der Waals surface area contributed by atoms with Crippen LogP contribution in [0.25, 0.3) is 5.57 Å². The molecule has 2 nitrogen and oxygen atoms in total. The topological polar surface area (TPSA) is 12.9 Å². The molecule has 72 valence electrons. The fourth-order valence-corrected chi connectivity index (χ4v) is 1.50. The van der Waals surface area contributed by atoms with Crippen molar-refractivity contribution in [3.05, 3.63) is 48.4 Å². The third-order valence-electron chi connectivity index (χ3n) is 2.45. The van der Waals surface area contributed by atoms with Gasteiger partial charge in [0.1, 0.15) is 6.54 Å². The highest BCUT2D eigenvalue weighted by Gasteiger charge is 2.14. The number of nitrogens with zero attached hydrogens (tertiary/aromatic N) is 2. The maximum atomic E-state index is 4.01. The minimum absolute atomic E-state index is 0.925. The maximum absolute atomic E-state index is 4.01. The summed E-state index contributed by atoms with van der Waals surface area (Å²) in [5.74, 6) is 0. The van der Waals surface area contributed by atoms with Gasteiger partial charge in [-0.05, 0) is 35.4 Å². The van der Waals surface area contributed by atoms with Gasteiger partial charge in [-0.1, -0.05) is 0 Å². The van der Waals surface area contributed by atoms with Crippen molar-refractivity contribution in [2.45, 2.75) is 0 Å². The van der Waals surface area contributed by atoms with Gasteiger partial charge in [-0.2, -0.15) is 0 Å². The Bertz CT molecular complexity index is 375. The molecule has 1 aromatic rings. The molecule has 0 N–H and O–H groups in total. The van der Waals surface area contributed by atoms with Crippen molar-refractivity contribution in [3.8, 4) is 0 Å². The van der Waals surface area contributed by atoms with E-state index in [1.807, 2.05) is 24.5 Å². The van der Waals surface area contributed by atoms with Gasteiger partial charge in [0.05, 0.1) is 20.3 Å². The van der Waals surface area contributed by atoms with E-state index in [9.17, 15) is 0 Å². The molecule has 0 fully saturated rings. The fourth-order valence-electron chi connectivity index (χ4n) is 1.50. The molecular formula is C12H15N2+. The zero-order valence-electron chi connectivity index (χ0n) is 8.64. The van der Waals surface area contributed by atoms with Crippen molar-refractivity contribution in [2.75, 3.05) is 20.6 Å². The molecule has 0 spiro atoms. The number of aromatic nitrogens is 1. The standard InChI is InChI=1S/C12H15N2/c1-14(2)9-5-12(6-10-14)11-3-7-13-8-4-11/h3-9H,10H2,1-2H3/q+1. The van der Waals surface area contributed by atoms with Crippen LogP contribution in [-0.4, -0.2) is 30.1 Å². The predicted molar refractivity (Wildman–Crippen MR) is 58.3 cm³/mol. The second-order valence-corrected chi connectivity index (χ2v) is 4.17. The lowest BCUT2D eigenvalue weighted by Gasteiger charge is -2.26. The number of allylic oxidation sites excluding steroid dienone is 2. The number of rotatable bonds is 1. The molecule has 0 bridgehead atoms. The van der Waals surface area contributed by atoms with Crippen LogP contribution in [0.2, 0.25) is 0 Å². The highest BCUT2D eigenvalue weighted by atomic mass is 15.3. The van der Waals surface area contributed by atoms with Crippen LogP contribution in [0.15, 0.2) is 42.9 Å². The van der Waals surface area contributed by atoms with Crippen molar-refractivity contribution in [1.29, 1.82) is 0 Å². The molecule has 0 amide bonds. The maximum Gasteiger partial charge on any atom is 0.102 e. The number of hydrogen-bond donors (Lipinski definition) is 0. The summed E-state index contributed by atoms with van der Waals surface area (Å²) < 4.78 is 0.925. The number of hydrogen-bond acceptors (Lipinski definition) is 1. The Balaban J connectivity index is 2.25. The third kappa shape index (κ3) is 1.91. The van der Waals surface area contributed by atoms with Crippen LogP contribution >= 0.6 is 0 Å². The molecule has 0 saturated carbocycles. The first-order chi connectivity index (χ1) is 6.67. The Morgan fingerprint density at radius 3 is 2.50 bits per heavy atom. The molecule has 14 heavy (non-hydrogen) atoms. The summed E-state index contributed by atoms with van der Waals surface area (Å²) >= 11 is 0. The van der Waals surface area contributed by atoms with Crippen molar-refractivity contribution in [1.82, 2.24) is 4.98 Å². The van der Waals surface area contributed by atoms with Gasteiger partial charge in [-0.15, -0.1) is 0 Å². The van der Waals surface area contributed by atoms with E-state index in [0.29, 0.717) is 0 Å². The van der Waals surface area contributed by atoms with Crippen LogP contribution in [0.5, 0.6) is 0 Å². The highest BCUT2D eigenvalue weighted by Crippen LogP contribution is 2.20. The molecule has 0 aliphatic carbocycles. The fraction of sp³-hybridized carbons (Fsp3) is 0.250. The van der Waals surface area contributed by atoms with E-state index >= 15 is 0 Å². The van der Waals surface area contributed by atoms with Crippen LogP contribution in [-0.2, 0) is 0 Å². The first-order valence-corrected chi connectivity index (χ1v) is 4.80. The minimum Gasteiger partial charge on any atom is -0.299 e. The predicted octanol–water partition coefficient (Wildman–Crippen LogP) is 2.07. The summed E-state index contributed by atoms with van der Waals surface area (Å²) in [7, 11) is 4.38. The average molecular weight is 187 g/mol. The van der Waals surface area contributed by atoms with Gasteiger partial charge in [-0.25, -0.2) is 0 Å². The zero-order chi connectivity index (χ0) is 10.0. The second kappa shape index (κ2) is 3.39. The van der Waals surface area contributed by atoms with Crippen LogP contribution in [0.1, 0.15) is 5.56 Å². The third-order valence-corrected chi connectivity index (χ3v) is 2.45. The molecular weight excluding hydrogens is 172 g/mol. The summed E-state index contributed by atoms with van der Waals surface area (Å²) in [6.07, 6.45) is 10.3. The molecule has 1 aliphatic heterocycles. The van der Waals surface area contributed by atoms with Crippen molar-refractivity contribution < 1.29 is 4.48 Å². The molecule has 2 rings (SSSR count). The Morgan fingerprint density at radius 1 is 1.21 bits per heavy atom. The van der Waals surface area contributed by atoms with Gasteiger partial charge in [-0.3, -0.25) is 9.47 Å². The second-order valence-electron chi connectivity index (χ2n) is 4.17. The van der Waals surface area contributed by atoms with Crippen LogP contribution in [0.3, 0.4) is 0 Å². The van der Waals surface area contributed by atoms with Gasteiger partial charge in [0.25, 0.3) is 0 Å². The SMILES string of the molecule is C[N+]1(C)C=CC(c2ccncc2)=CC1. The summed E-state index contributed by atoms with van der Waals surface area (Å²) in [5, 5.41) is 0. The lowest BCUT2D eigenvalue weighted by atomic mass is 10.0. The van der Waals surface area contributed by atoms with E-state index < -0.39 is 0 Å². The lowest BCUT2D eigenvalue weighted by molar-refractivity contribution is -0.833. The summed E-state index contributed by atoms with van der Waals surface area (Å²) in [5.41, 5.74) is 2.54.